The molecule has 1 N–H and O–H groups in total. The number of hydrogen-bond donors (Lipinski definition) is 1. The van der Waals surface area contributed by atoms with Gasteiger partial charge in [0.15, 0.2) is 0 Å². The number of carbonyl (C=O) groups excluding carboxylic acids is 1. The maximum atomic E-state index is 14.5. The van der Waals surface area contributed by atoms with Crippen molar-refractivity contribution in [3.63, 3.8) is 0 Å². The molecule has 0 radical (unpaired) electrons. The average molecular weight is 363 g/mol. The predicted molar refractivity (Wildman–Crippen MR) is 103 cm³/mol. The molecule has 0 spiro atoms. The number of aromatic nitrogens is 1. The Morgan fingerprint density at radius 2 is 1.78 bits per heavy atom. The summed E-state index contributed by atoms with van der Waals surface area (Å²) in [6.07, 6.45) is 2.75. The molecule has 0 saturated carbocycles. The summed E-state index contributed by atoms with van der Waals surface area (Å²) < 4.78 is 16.6. The summed E-state index contributed by atoms with van der Waals surface area (Å²) in [7, 11) is 0. The third-order valence-electron chi connectivity index (χ3n) is 5.03. The van der Waals surface area contributed by atoms with E-state index in [4.69, 9.17) is 0 Å². The van der Waals surface area contributed by atoms with E-state index >= 15 is 0 Å². The van der Waals surface area contributed by atoms with E-state index in [-0.39, 0.29) is 11.8 Å². The van der Waals surface area contributed by atoms with E-state index in [1.807, 2.05) is 54.7 Å². The van der Waals surface area contributed by atoms with E-state index in [1.54, 1.807) is 17.0 Å². The van der Waals surface area contributed by atoms with Crippen LogP contribution in [0.3, 0.4) is 0 Å². The van der Waals surface area contributed by atoms with Gasteiger partial charge in [0.25, 0.3) is 0 Å². The Bertz CT molecular complexity index is 922. The Labute approximate surface area is 158 Å². The third kappa shape index (κ3) is 3.58. The van der Waals surface area contributed by atoms with Gasteiger partial charge in [-0.2, -0.15) is 0 Å². The largest absolute Gasteiger partial charge is 0.348 e. The molecule has 4 rings (SSSR count). The first kappa shape index (κ1) is 17.3. The van der Waals surface area contributed by atoms with E-state index < -0.39 is 6.04 Å². The summed E-state index contributed by atoms with van der Waals surface area (Å²) in [5, 5.41) is 3.00. The standard InChI is InChI=1S/C22H22FN3O/c23-19-10-5-4-9-18(19)21-20-11-6-14-25(20)15-16-26(21)22(27)24-13-12-17-7-2-1-3-8-17/h1-11,14,21H,12-13,15-16H2,(H,24,27)/t21-/m0/s1. The zero-order chi connectivity index (χ0) is 18.6. The maximum Gasteiger partial charge on any atom is 0.318 e. The van der Waals surface area contributed by atoms with Crippen LogP contribution in [-0.2, 0) is 13.0 Å². The average Bonchev–Trinajstić information content (AvgIpc) is 3.17. The molecule has 0 fully saturated rings. The van der Waals surface area contributed by atoms with Crippen molar-refractivity contribution in [3.8, 4) is 0 Å². The Balaban J connectivity index is 1.53. The first-order valence-corrected chi connectivity index (χ1v) is 9.22. The minimum Gasteiger partial charge on any atom is -0.348 e. The van der Waals surface area contributed by atoms with Crippen molar-refractivity contribution >= 4 is 6.03 Å². The monoisotopic (exact) mass is 363 g/mol. The summed E-state index contributed by atoms with van der Waals surface area (Å²) in [5.74, 6) is -0.292. The summed E-state index contributed by atoms with van der Waals surface area (Å²) >= 11 is 0. The van der Waals surface area contributed by atoms with Gasteiger partial charge >= 0.3 is 6.03 Å². The molecule has 1 aromatic heterocycles. The van der Waals surface area contributed by atoms with Crippen LogP contribution in [0.5, 0.6) is 0 Å². The van der Waals surface area contributed by atoms with Crippen LogP contribution in [-0.4, -0.2) is 28.6 Å². The lowest BCUT2D eigenvalue weighted by Crippen LogP contribution is -2.47. The Morgan fingerprint density at radius 3 is 2.59 bits per heavy atom. The fraction of sp³-hybridized carbons (Fsp3) is 0.227. The molecule has 138 valence electrons. The normalized spacial score (nSPS) is 16.0. The zero-order valence-corrected chi connectivity index (χ0v) is 15.0. The summed E-state index contributed by atoms with van der Waals surface area (Å²) in [6.45, 7) is 1.79. The molecule has 2 heterocycles. The van der Waals surface area contributed by atoms with Crippen molar-refractivity contribution in [2.45, 2.75) is 19.0 Å². The van der Waals surface area contributed by atoms with Gasteiger partial charge in [-0.15, -0.1) is 0 Å². The lowest BCUT2D eigenvalue weighted by atomic mass is 9.99. The molecular formula is C22H22FN3O. The lowest BCUT2D eigenvalue weighted by molar-refractivity contribution is 0.167. The number of carbonyl (C=O) groups is 1. The highest BCUT2D eigenvalue weighted by Crippen LogP contribution is 2.33. The van der Waals surface area contributed by atoms with Crippen molar-refractivity contribution in [2.75, 3.05) is 13.1 Å². The molecule has 0 saturated heterocycles. The molecule has 5 heteroatoms. The highest BCUT2D eigenvalue weighted by Gasteiger charge is 2.33. The van der Waals surface area contributed by atoms with E-state index in [9.17, 15) is 9.18 Å². The molecule has 0 aliphatic carbocycles. The molecule has 1 aliphatic rings. The van der Waals surface area contributed by atoms with E-state index in [2.05, 4.69) is 9.88 Å². The molecular weight excluding hydrogens is 341 g/mol. The minimum absolute atomic E-state index is 0.161. The summed E-state index contributed by atoms with van der Waals surface area (Å²) in [4.78, 5) is 14.6. The number of fused-ring (bicyclic) bond motifs is 1. The quantitative estimate of drug-likeness (QED) is 0.748. The molecule has 1 aliphatic heterocycles. The Kier molecular flexibility index (Phi) is 4.92. The van der Waals surface area contributed by atoms with Crippen molar-refractivity contribution in [1.29, 1.82) is 0 Å². The van der Waals surface area contributed by atoms with Crippen molar-refractivity contribution in [2.24, 2.45) is 0 Å². The van der Waals surface area contributed by atoms with Gasteiger partial charge in [0.05, 0.1) is 0 Å². The third-order valence-corrected chi connectivity index (χ3v) is 5.03. The molecule has 4 nitrogen and oxygen atoms in total. The molecule has 27 heavy (non-hydrogen) atoms. The predicted octanol–water partition coefficient (Wildman–Crippen LogP) is 3.98. The molecule has 2 amide bonds. The number of benzene rings is 2. The highest BCUT2D eigenvalue weighted by molar-refractivity contribution is 5.75. The van der Waals surface area contributed by atoms with Crippen LogP contribution in [0.1, 0.15) is 22.9 Å². The highest BCUT2D eigenvalue weighted by atomic mass is 19.1. The maximum absolute atomic E-state index is 14.5. The zero-order valence-electron chi connectivity index (χ0n) is 15.0. The van der Waals surface area contributed by atoms with Crippen LogP contribution in [0.15, 0.2) is 72.9 Å². The van der Waals surface area contributed by atoms with Gasteiger partial charge in [0.1, 0.15) is 11.9 Å². The van der Waals surface area contributed by atoms with Gasteiger partial charge in [-0.25, -0.2) is 9.18 Å². The topological polar surface area (TPSA) is 37.3 Å². The molecule has 0 bridgehead atoms. The van der Waals surface area contributed by atoms with Crippen LogP contribution >= 0.6 is 0 Å². The lowest BCUT2D eigenvalue weighted by Gasteiger charge is -2.37. The number of urea groups is 1. The molecule has 2 aromatic carbocycles. The number of halogens is 1. The summed E-state index contributed by atoms with van der Waals surface area (Å²) in [5.41, 5.74) is 2.64. The van der Waals surface area contributed by atoms with Crippen LogP contribution < -0.4 is 5.32 Å². The van der Waals surface area contributed by atoms with Crippen molar-refractivity contribution < 1.29 is 9.18 Å². The number of nitrogens with one attached hydrogen (secondary N) is 1. The number of hydrogen-bond acceptors (Lipinski definition) is 1. The van der Waals surface area contributed by atoms with Gasteiger partial charge in [0.2, 0.25) is 0 Å². The second-order valence-electron chi connectivity index (χ2n) is 6.71. The second kappa shape index (κ2) is 7.66. The Morgan fingerprint density at radius 1 is 1.00 bits per heavy atom. The van der Waals surface area contributed by atoms with Crippen LogP contribution in [0.4, 0.5) is 9.18 Å². The molecule has 1 atom stereocenters. The first-order valence-electron chi connectivity index (χ1n) is 9.22. The van der Waals surface area contributed by atoms with E-state index in [1.165, 1.54) is 11.6 Å². The smallest absolute Gasteiger partial charge is 0.318 e. The van der Waals surface area contributed by atoms with Crippen LogP contribution in [0.2, 0.25) is 0 Å². The number of nitrogens with zero attached hydrogens (tertiary/aromatic N) is 2. The van der Waals surface area contributed by atoms with Gasteiger partial charge in [-0.05, 0) is 30.2 Å². The van der Waals surface area contributed by atoms with Crippen LogP contribution in [0.25, 0.3) is 0 Å². The molecule has 3 aromatic rings. The number of amides is 2. The molecule has 0 unspecified atom stereocenters. The van der Waals surface area contributed by atoms with Gasteiger partial charge in [-0.1, -0.05) is 48.5 Å². The second-order valence-corrected chi connectivity index (χ2v) is 6.71. The van der Waals surface area contributed by atoms with E-state index in [0.717, 1.165) is 12.1 Å². The van der Waals surface area contributed by atoms with Crippen LogP contribution in [0, 0.1) is 5.82 Å². The first-order chi connectivity index (χ1) is 13.2. The fourth-order valence-corrected chi connectivity index (χ4v) is 3.69. The van der Waals surface area contributed by atoms with Gasteiger partial charge in [0, 0.05) is 37.1 Å². The fourth-order valence-electron chi connectivity index (χ4n) is 3.69. The van der Waals surface area contributed by atoms with Crippen molar-refractivity contribution in [3.05, 3.63) is 95.6 Å². The Hall–Kier alpha value is -3.08. The minimum atomic E-state index is -0.424. The van der Waals surface area contributed by atoms with Gasteiger partial charge in [-0.3, -0.25) is 0 Å². The number of rotatable bonds is 4. The van der Waals surface area contributed by atoms with Crippen molar-refractivity contribution in [1.82, 2.24) is 14.8 Å². The SMILES string of the molecule is O=C(NCCc1ccccc1)N1CCn2cccc2[C@@H]1c1ccccc1F. The van der Waals surface area contributed by atoms with E-state index in [0.29, 0.717) is 25.2 Å². The summed E-state index contributed by atoms with van der Waals surface area (Å²) in [6, 6.07) is 20.0. The van der Waals surface area contributed by atoms with Gasteiger partial charge < -0.3 is 14.8 Å².